The molecule has 2 aromatic heterocycles. The van der Waals surface area contributed by atoms with Crippen LogP contribution in [-0.4, -0.2) is 39.8 Å². The van der Waals surface area contributed by atoms with Gasteiger partial charge in [-0.1, -0.05) is 12.1 Å². The zero-order valence-corrected chi connectivity index (χ0v) is 16.9. The first-order valence-electron chi connectivity index (χ1n) is 9.79. The highest BCUT2D eigenvalue weighted by Gasteiger charge is 2.21. The molecule has 0 saturated carbocycles. The van der Waals surface area contributed by atoms with Gasteiger partial charge < -0.3 is 14.2 Å². The normalized spacial score (nSPS) is 13.8. The van der Waals surface area contributed by atoms with Crippen LogP contribution in [-0.2, 0) is 17.8 Å². The van der Waals surface area contributed by atoms with E-state index in [1.807, 2.05) is 21.9 Å². The van der Waals surface area contributed by atoms with Gasteiger partial charge >= 0.3 is 0 Å². The van der Waals surface area contributed by atoms with Gasteiger partial charge in [-0.15, -0.1) is 0 Å². The fourth-order valence-electron chi connectivity index (χ4n) is 3.42. The summed E-state index contributed by atoms with van der Waals surface area (Å²) in [6.07, 6.45) is 4.80. The monoisotopic (exact) mass is 414 g/mol. The van der Waals surface area contributed by atoms with Gasteiger partial charge in [-0.2, -0.15) is 4.37 Å². The van der Waals surface area contributed by atoms with Gasteiger partial charge in [-0.3, -0.25) is 4.79 Å². The first-order valence-corrected chi connectivity index (χ1v) is 10.6. The van der Waals surface area contributed by atoms with E-state index in [0.29, 0.717) is 31.8 Å². The van der Waals surface area contributed by atoms with Gasteiger partial charge in [0.2, 0.25) is 11.0 Å². The van der Waals surface area contributed by atoms with Crippen LogP contribution in [0.15, 0.2) is 47.1 Å². The Hall–Kier alpha value is -2.74. The number of carbonyl (C=O) groups excluding carboxylic acids is 1. The summed E-state index contributed by atoms with van der Waals surface area (Å²) >= 11 is 1.31. The molecule has 0 N–H and O–H groups in total. The molecule has 1 aromatic carbocycles. The molecule has 1 aliphatic rings. The molecule has 0 atom stereocenters. The second kappa shape index (κ2) is 9.17. The second-order valence-corrected chi connectivity index (χ2v) is 7.87. The van der Waals surface area contributed by atoms with Crippen LogP contribution in [0.5, 0.6) is 0 Å². The number of anilines is 1. The molecule has 0 radical (unpaired) electrons. The Balaban J connectivity index is 1.44. The summed E-state index contributed by atoms with van der Waals surface area (Å²) in [5, 5.41) is 0.757. The number of amides is 1. The molecule has 0 aliphatic carbocycles. The molecular formula is C21H23FN4O2S. The molecule has 3 aromatic rings. The van der Waals surface area contributed by atoms with Crippen molar-refractivity contribution in [1.29, 1.82) is 0 Å². The van der Waals surface area contributed by atoms with Crippen molar-refractivity contribution in [1.82, 2.24) is 14.3 Å². The van der Waals surface area contributed by atoms with Gasteiger partial charge in [-0.05, 0) is 42.7 Å². The van der Waals surface area contributed by atoms with E-state index in [1.54, 1.807) is 18.4 Å². The van der Waals surface area contributed by atoms with E-state index in [2.05, 4.69) is 9.36 Å². The standard InChI is InChI=1S/C21H23FN4O2S/c22-17-7-5-16(6-8-17)14-19-23-21(29-24-19)26(15-18-4-3-13-28-18)12-9-20(27)25-10-1-2-11-25/h3-8,13H,1-2,9-12,14-15H2. The topological polar surface area (TPSA) is 62.5 Å². The number of benzene rings is 1. The Bertz CT molecular complexity index is 921. The lowest BCUT2D eigenvalue weighted by Crippen LogP contribution is -2.32. The van der Waals surface area contributed by atoms with Gasteiger partial charge in [0.1, 0.15) is 17.4 Å². The van der Waals surface area contributed by atoms with Crippen molar-refractivity contribution in [2.75, 3.05) is 24.5 Å². The highest BCUT2D eigenvalue weighted by Crippen LogP contribution is 2.22. The number of rotatable bonds is 8. The smallest absolute Gasteiger partial charge is 0.224 e. The molecule has 1 fully saturated rings. The second-order valence-electron chi connectivity index (χ2n) is 7.14. The molecular weight excluding hydrogens is 391 g/mol. The largest absolute Gasteiger partial charge is 0.467 e. The number of furan rings is 1. The SMILES string of the molecule is O=C(CCN(Cc1ccco1)c1nc(Cc2ccc(F)cc2)ns1)N1CCCC1. The zero-order chi connectivity index (χ0) is 20.1. The molecule has 6 nitrogen and oxygen atoms in total. The third-order valence-corrected chi connectivity index (χ3v) is 5.80. The van der Waals surface area contributed by atoms with Crippen molar-refractivity contribution in [2.24, 2.45) is 0 Å². The average Bonchev–Trinajstić information content (AvgIpc) is 3.49. The van der Waals surface area contributed by atoms with Crippen molar-refractivity contribution >= 4 is 22.6 Å². The summed E-state index contributed by atoms with van der Waals surface area (Å²) in [5.74, 6) is 1.43. The number of nitrogens with zero attached hydrogens (tertiary/aromatic N) is 4. The van der Waals surface area contributed by atoms with Crippen LogP contribution in [0.4, 0.5) is 9.52 Å². The van der Waals surface area contributed by atoms with E-state index in [0.717, 1.165) is 42.4 Å². The van der Waals surface area contributed by atoms with Gasteiger partial charge in [0.05, 0.1) is 12.8 Å². The number of hydrogen-bond acceptors (Lipinski definition) is 6. The fraction of sp³-hybridized carbons (Fsp3) is 0.381. The molecule has 8 heteroatoms. The van der Waals surface area contributed by atoms with Crippen LogP contribution in [0.25, 0.3) is 0 Å². The first-order chi connectivity index (χ1) is 14.2. The minimum absolute atomic E-state index is 0.183. The third kappa shape index (κ3) is 5.20. The van der Waals surface area contributed by atoms with E-state index >= 15 is 0 Å². The van der Waals surface area contributed by atoms with Gasteiger partial charge in [0.25, 0.3) is 0 Å². The molecule has 3 heterocycles. The van der Waals surface area contributed by atoms with Crippen LogP contribution in [0, 0.1) is 5.82 Å². The molecule has 0 bridgehead atoms. The average molecular weight is 415 g/mol. The lowest BCUT2D eigenvalue weighted by Gasteiger charge is -2.22. The Morgan fingerprint density at radius 2 is 2.00 bits per heavy atom. The summed E-state index contributed by atoms with van der Waals surface area (Å²) in [6, 6.07) is 10.1. The molecule has 29 heavy (non-hydrogen) atoms. The van der Waals surface area contributed by atoms with E-state index in [1.165, 1.54) is 23.7 Å². The van der Waals surface area contributed by atoms with Crippen molar-refractivity contribution in [3.8, 4) is 0 Å². The Kier molecular flexibility index (Phi) is 6.19. The molecule has 1 amide bonds. The number of halogens is 1. The van der Waals surface area contributed by atoms with Crippen molar-refractivity contribution in [3.63, 3.8) is 0 Å². The van der Waals surface area contributed by atoms with E-state index in [4.69, 9.17) is 4.42 Å². The van der Waals surface area contributed by atoms with Crippen LogP contribution in [0.3, 0.4) is 0 Å². The molecule has 1 saturated heterocycles. The Morgan fingerprint density at radius 1 is 1.21 bits per heavy atom. The van der Waals surface area contributed by atoms with Gasteiger partial charge in [0, 0.05) is 44.0 Å². The Morgan fingerprint density at radius 3 is 2.72 bits per heavy atom. The lowest BCUT2D eigenvalue weighted by atomic mass is 10.1. The maximum absolute atomic E-state index is 13.1. The van der Waals surface area contributed by atoms with E-state index in [9.17, 15) is 9.18 Å². The maximum Gasteiger partial charge on any atom is 0.224 e. The van der Waals surface area contributed by atoms with Crippen LogP contribution in [0.2, 0.25) is 0 Å². The summed E-state index contributed by atoms with van der Waals surface area (Å²) in [5.41, 5.74) is 0.956. The first kappa shape index (κ1) is 19.6. The minimum atomic E-state index is -0.257. The zero-order valence-electron chi connectivity index (χ0n) is 16.1. The van der Waals surface area contributed by atoms with E-state index in [-0.39, 0.29) is 11.7 Å². The van der Waals surface area contributed by atoms with Crippen LogP contribution >= 0.6 is 11.5 Å². The number of hydrogen-bond donors (Lipinski definition) is 0. The van der Waals surface area contributed by atoms with Crippen molar-refractivity contribution in [2.45, 2.75) is 32.2 Å². The third-order valence-electron chi connectivity index (χ3n) is 4.98. The maximum atomic E-state index is 13.1. The van der Waals surface area contributed by atoms with Crippen molar-refractivity contribution < 1.29 is 13.6 Å². The van der Waals surface area contributed by atoms with Crippen LogP contribution in [0.1, 0.15) is 36.4 Å². The predicted octanol–water partition coefficient (Wildman–Crippen LogP) is 3.88. The highest BCUT2D eigenvalue weighted by atomic mass is 32.1. The highest BCUT2D eigenvalue weighted by molar-refractivity contribution is 7.09. The van der Waals surface area contributed by atoms with E-state index < -0.39 is 0 Å². The van der Waals surface area contributed by atoms with Gasteiger partial charge in [0.15, 0.2) is 0 Å². The fourth-order valence-corrected chi connectivity index (χ4v) is 4.13. The Labute approximate surface area is 173 Å². The molecule has 4 rings (SSSR count). The quantitative estimate of drug-likeness (QED) is 0.560. The summed E-state index contributed by atoms with van der Waals surface area (Å²) in [6.45, 7) is 2.81. The molecule has 152 valence electrons. The van der Waals surface area contributed by atoms with Crippen molar-refractivity contribution in [3.05, 3.63) is 65.6 Å². The summed E-state index contributed by atoms with van der Waals surface area (Å²) in [4.78, 5) is 21.1. The molecule has 1 aliphatic heterocycles. The summed E-state index contributed by atoms with van der Waals surface area (Å²) in [7, 11) is 0. The summed E-state index contributed by atoms with van der Waals surface area (Å²) < 4.78 is 23.0. The van der Waals surface area contributed by atoms with Crippen LogP contribution < -0.4 is 4.90 Å². The number of likely N-dealkylation sites (tertiary alicyclic amines) is 1. The molecule has 0 spiro atoms. The lowest BCUT2D eigenvalue weighted by molar-refractivity contribution is -0.129. The number of aromatic nitrogens is 2. The predicted molar refractivity (Wildman–Crippen MR) is 109 cm³/mol. The number of carbonyl (C=O) groups is 1. The molecule has 0 unspecified atom stereocenters. The minimum Gasteiger partial charge on any atom is -0.467 e. The van der Waals surface area contributed by atoms with Gasteiger partial charge in [-0.25, -0.2) is 9.37 Å².